The Labute approximate surface area is 93.5 Å². The highest BCUT2D eigenvalue weighted by atomic mass is 35.5. The first-order valence-electron chi connectivity index (χ1n) is 4.21. The largest absolute Gasteiger partial charge is 0.478 e. The second-order valence-electron chi connectivity index (χ2n) is 2.39. The number of aromatic carboxylic acids is 1. The molecule has 0 fully saturated rings. The maximum atomic E-state index is 10.6. The van der Waals surface area contributed by atoms with Gasteiger partial charge in [-0.25, -0.2) is 4.79 Å². The Hall–Kier alpha value is -0.730. The molecule has 0 heterocycles. The van der Waals surface area contributed by atoms with E-state index in [0.717, 1.165) is 0 Å². The Bertz CT molecular complexity index is 335. The third kappa shape index (κ3) is 3.20. The van der Waals surface area contributed by atoms with Gasteiger partial charge in [-0.2, -0.15) is 0 Å². The smallest absolute Gasteiger partial charge is 0.336 e. The normalized spacial score (nSPS) is 8.93. The summed E-state index contributed by atoms with van der Waals surface area (Å²) in [6.07, 6.45) is 0. The van der Waals surface area contributed by atoms with E-state index in [0.29, 0.717) is 10.6 Å². The molecule has 0 unspecified atom stereocenters. The minimum Gasteiger partial charge on any atom is -0.478 e. The minimum atomic E-state index is -0.994. The molecule has 0 saturated carbocycles. The molecule has 1 aromatic carbocycles. The van der Waals surface area contributed by atoms with Crippen molar-refractivity contribution in [2.45, 2.75) is 20.8 Å². The lowest BCUT2D eigenvalue weighted by Crippen LogP contribution is -1.99. The lowest BCUT2D eigenvalue weighted by atomic mass is 10.1. The summed E-state index contributed by atoms with van der Waals surface area (Å²) >= 11 is 11.3. The summed E-state index contributed by atoms with van der Waals surface area (Å²) in [5.74, 6) is -0.994. The van der Waals surface area contributed by atoms with E-state index in [-0.39, 0.29) is 10.6 Å². The van der Waals surface area contributed by atoms with Gasteiger partial charge in [0.15, 0.2) is 0 Å². The topological polar surface area (TPSA) is 37.3 Å². The molecule has 1 aromatic rings. The van der Waals surface area contributed by atoms with Crippen LogP contribution < -0.4 is 0 Å². The van der Waals surface area contributed by atoms with Crippen molar-refractivity contribution < 1.29 is 9.90 Å². The van der Waals surface area contributed by atoms with Gasteiger partial charge in [0.25, 0.3) is 0 Å². The Morgan fingerprint density at radius 3 is 2.07 bits per heavy atom. The highest BCUT2D eigenvalue weighted by Gasteiger charge is 2.09. The summed E-state index contributed by atoms with van der Waals surface area (Å²) in [5.41, 5.74) is 0.793. The number of carboxylic acids is 1. The summed E-state index contributed by atoms with van der Waals surface area (Å²) in [5, 5.41) is 9.32. The maximum absolute atomic E-state index is 10.6. The van der Waals surface area contributed by atoms with E-state index in [1.807, 2.05) is 13.8 Å². The summed E-state index contributed by atoms with van der Waals surface area (Å²) in [4.78, 5) is 10.6. The number of hydrogen-bond donors (Lipinski definition) is 1. The standard InChI is InChI=1S/C8H6Cl2O2.C2H6/c1-4-2-6(9)7(10)3-5(4)8(11)12;1-2/h2-3H,1H3,(H,11,12);1-2H3. The van der Waals surface area contributed by atoms with E-state index in [1.54, 1.807) is 6.92 Å². The van der Waals surface area contributed by atoms with Crippen LogP contribution >= 0.6 is 23.2 Å². The minimum absolute atomic E-state index is 0.185. The molecular formula is C10H12Cl2O2. The monoisotopic (exact) mass is 234 g/mol. The quantitative estimate of drug-likeness (QED) is 0.797. The van der Waals surface area contributed by atoms with Crippen molar-refractivity contribution in [2.75, 3.05) is 0 Å². The predicted molar refractivity (Wildman–Crippen MR) is 59.5 cm³/mol. The fourth-order valence-electron chi connectivity index (χ4n) is 0.877. The Morgan fingerprint density at radius 1 is 1.21 bits per heavy atom. The van der Waals surface area contributed by atoms with Crippen molar-refractivity contribution in [3.63, 3.8) is 0 Å². The van der Waals surface area contributed by atoms with Gasteiger partial charge in [0.05, 0.1) is 15.6 Å². The molecule has 0 atom stereocenters. The molecule has 78 valence electrons. The van der Waals surface area contributed by atoms with Crippen LogP contribution in [0.15, 0.2) is 12.1 Å². The second kappa shape index (κ2) is 5.89. The number of aryl methyl sites for hydroxylation is 1. The molecule has 2 nitrogen and oxygen atoms in total. The second-order valence-corrected chi connectivity index (χ2v) is 3.20. The van der Waals surface area contributed by atoms with Gasteiger partial charge in [0.1, 0.15) is 0 Å². The molecule has 0 aliphatic heterocycles. The van der Waals surface area contributed by atoms with Crippen LogP contribution in [0.5, 0.6) is 0 Å². The fraction of sp³-hybridized carbons (Fsp3) is 0.300. The SMILES string of the molecule is CC.Cc1cc(Cl)c(Cl)cc1C(=O)O. The summed E-state index contributed by atoms with van der Waals surface area (Å²) < 4.78 is 0. The molecule has 1 N–H and O–H groups in total. The Kier molecular flexibility index (Phi) is 5.58. The van der Waals surface area contributed by atoms with E-state index in [2.05, 4.69) is 0 Å². The highest BCUT2D eigenvalue weighted by molar-refractivity contribution is 6.42. The van der Waals surface area contributed by atoms with E-state index in [9.17, 15) is 4.79 Å². The zero-order chi connectivity index (χ0) is 11.3. The van der Waals surface area contributed by atoms with Crippen LogP contribution in [0.1, 0.15) is 29.8 Å². The van der Waals surface area contributed by atoms with Crippen LogP contribution in [0.3, 0.4) is 0 Å². The lowest BCUT2D eigenvalue weighted by molar-refractivity contribution is 0.0696. The van der Waals surface area contributed by atoms with E-state index in [1.165, 1.54) is 12.1 Å². The maximum Gasteiger partial charge on any atom is 0.336 e. The van der Waals surface area contributed by atoms with Crippen LogP contribution in [0, 0.1) is 6.92 Å². The third-order valence-corrected chi connectivity index (χ3v) is 2.22. The highest BCUT2D eigenvalue weighted by Crippen LogP contribution is 2.25. The van der Waals surface area contributed by atoms with Crippen LogP contribution in [0.2, 0.25) is 10.0 Å². The molecule has 0 aliphatic rings. The summed E-state index contributed by atoms with van der Waals surface area (Å²) in [6, 6.07) is 2.88. The lowest BCUT2D eigenvalue weighted by Gasteiger charge is -2.02. The van der Waals surface area contributed by atoms with E-state index >= 15 is 0 Å². The van der Waals surface area contributed by atoms with Crippen molar-refractivity contribution in [3.05, 3.63) is 33.3 Å². The van der Waals surface area contributed by atoms with Crippen LogP contribution in [0.25, 0.3) is 0 Å². The first kappa shape index (κ1) is 13.3. The van der Waals surface area contributed by atoms with Gasteiger partial charge in [0.2, 0.25) is 0 Å². The van der Waals surface area contributed by atoms with Crippen molar-refractivity contribution in [1.29, 1.82) is 0 Å². The van der Waals surface area contributed by atoms with E-state index in [4.69, 9.17) is 28.3 Å². The molecule has 0 amide bonds. The van der Waals surface area contributed by atoms with Gasteiger partial charge in [-0.1, -0.05) is 37.0 Å². The molecule has 4 heteroatoms. The third-order valence-electron chi connectivity index (χ3n) is 1.50. The molecule has 0 radical (unpaired) electrons. The molecule has 0 spiro atoms. The number of carbonyl (C=O) groups is 1. The predicted octanol–water partition coefficient (Wildman–Crippen LogP) is 4.03. The molecule has 0 saturated heterocycles. The molecular weight excluding hydrogens is 223 g/mol. The summed E-state index contributed by atoms with van der Waals surface area (Å²) in [6.45, 7) is 5.67. The number of hydrogen-bond acceptors (Lipinski definition) is 1. The van der Waals surface area contributed by atoms with Crippen molar-refractivity contribution >= 4 is 29.2 Å². The molecule has 0 aliphatic carbocycles. The van der Waals surface area contributed by atoms with Gasteiger partial charge in [-0.05, 0) is 24.6 Å². The van der Waals surface area contributed by atoms with Crippen molar-refractivity contribution in [1.82, 2.24) is 0 Å². The first-order valence-corrected chi connectivity index (χ1v) is 4.97. The first-order chi connectivity index (χ1) is 6.52. The zero-order valence-corrected chi connectivity index (χ0v) is 9.78. The number of benzene rings is 1. The fourth-order valence-corrected chi connectivity index (χ4v) is 1.26. The molecule has 0 aromatic heterocycles. The average Bonchev–Trinajstić information content (AvgIpc) is 2.14. The van der Waals surface area contributed by atoms with Crippen molar-refractivity contribution in [3.8, 4) is 0 Å². The van der Waals surface area contributed by atoms with Gasteiger partial charge in [-0.3, -0.25) is 0 Å². The van der Waals surface area contributed by atoms with Gasteiger partial charge in [-0.15, -0.1) is 0 Å². The van der Waals surface area contributed by atoms with Gasteiger partial charge in [0, 0.05) is 0 Å². The van der Waals surface area contributed by atoms with Crippen LogP contribution in [-0.2, 0) is 0 Å². The Balaban J connectivity index is 0.000000791. The molecule has 14 heavy (non-hydrogen) atoms. The molecule has 1 rings (SSSR count). The average molecular weight is 235 g/mol. The number of rotatable bonds is 1. The molecule has 0 bridgehead atoms. The van der Waals surface area contributed by atoms with Gasteiger partial charge < -0.3 is 5.11 Å². The van der Waals surface area contributed by atoms with Gasteiger partial charge >= 0.3 is 5.97 Å². The van der Waals surface area contributed by atoms with Crippen LogP contribution in [0.4, 0.5) is 0 Å². The van der Waals surface area contributed by atoms with E-state index < -0.39 is 5.97 Å². The summed E-state index contributed by atoms with van der Waals surface area (Å²) in [7, 11) is 0. The number of halogens is 2. The van der Waals surface area contributed by atoms with Crippen LogP contribution in [-0.4, -0.2) is 11.1 Å². The Morgan fingerprint density at radius 2 is 1.64 bits per heavy atom. The zero-order valence-electron chi connectivity index (χ0n) is 8.27. The van der Waals surface area contributed by atoms with Crippen molar-refractivity contribution in [2.24, 2.45) is 0 Å². The number of carboxylic acid groups (broad SMARTS) is 1.